The first kappa shape index (κ1) is 14.3. The van der Waals surface area contributed by atoms with Gasteiger partial charge in [-0.05, 0) is 12.1 Å². The number of aromatic nitrogens is 2. The number of benzene rings is 1. The molecule has 110 valence electrons. The second-order valence-corrected chi connectivity index (χ2v) is 6.31. The Morgan fingerprint density at radius 3 is 1.50 bits per heavy atom. The lowest BCUT2D eigenvalue weighted by atomic mass is 10.4. The molecule has 0 unspecified atom stereocenters. The van der Waals surface area contributed by atoms with E-state index in [0.717, 1.165) is 0 Å². The molecule has 22 heavy (non-hydrogen) atoms. The minimum Gasteiger partial charge on any atom is -0.218 e. The summed E-state index contributed by atoms with van der Waals surface area (Å²) in [4.78, 5) is 0. The van der Waals surface area contributed by atoms with Crippen LogP contribution in [0.4, 0.5) is 0 Å². The molecule has 0 aliphatic carbocycles. The molecule has 2 aromatic heterocycles. The molecule has 6 heteroatoms. The van der Waals surface area contributed by atoms with Crippen molar-refractivity contribution in [2.45, 2.75) is 0 Å². The number of hydrogen-bond donors (Lipinski definition) is 0. The quantitative estimate of drug-likeness (QED) is 0.527. The van der Waals surface area contributed by atoms with Crippen LogP contribution in [0.15, 0.2) is 91.5 Å². The number of pyridine rings is 2. The summed E-state index contributed by atoms with van der Waals surface area (Å²) in [7, 11) is -3.59. The summed E-state index contributed by atoms with van der Waals surface area (Å²) in [6.45, 7) is 0. The maximum Gasteiger partial charge on any atom is 0.577 e. The van der Waals surface area contributed by atoms with Crippen LogP contribution in [0.3, 0.4) is 0 Å². The Hall–Kier alpha value is -2.65. The minimum atomic E-state index is -3.59. The molecule has 0 aliphatic heterocycles. The van der Waals surface area contributed by atoms with Crippen molar-refractivity contribution in [1.29, 1.82) is 0 Å². The van der Waals surface area contributed by atoms with Gasteiger partial charge in [-0.3, -0.25) is 0 Å². The van der Waals surface area contributed by atoms with Crippen LogP contribution >= 0.6 is 7.60 Å². The van der Waals surface area contributed by atoms with Gasteiger partial charge >= 0.3 is 7.60 Å². The van der Waals surface area contributed by atoms with E-state index in [2.05, 4.69) is 0 Å². The molecule has 2 heterocycles. The molecule has 0 bridgehead atoms. The van der Waals surface area contributed by atoms with Crippen LogP contribution in [0.25, 0.3) is 0 Å². The van der Waals surface area contributed by atoms with Crippen LogP contribution in [0.1, 0.15) is 0 Å². The molecule has 0 radical (unpaired) electrons. The topological polar surface area (TPSA) is 43.3 Å². The monoisotopic (exact) mass is 314 g/mol. The molecule has 0 fully saturated rings. The summed E-state index contributed by atoms with van der Waals surface area (Å²) >= 11 is 0. The zero-order chi connectivity index (χ0) is 15.3. The van der Waals surface area contributed by atoms with E-state index in [0.29, 0.717) is 5.30 Å². The first-order valence-electron chi connectivity index (χ1n) is 6.75. The smallest absolute Gasteiger partial charge is 0.218 e. The van der Waals surface area contributed by atoms with E-state index in [1.165, 1.54) is 9.46 Å². The number of rotatable bonds is 5. The largest absolute Gasteiger partial charge is 0.577 e. The lowest BCUT2D eigenvalue weighted by molar-refractivity contribution is -0.885. The van der Waals surface area contributed by atoms with E-state index < -0.39 is 7.60 Å². The van der Waals surface area contributed by atoms with E-state index in [1.807, 2.05) is 18.2 Å². The first-order valence-corrected chi connectivity index (χ1v) is 8.29. The standard InChI is InChI=1S/C16H15N2O3P/c19-22(16-10-4-1-5-11-16,20-17-12-6-2-7-13-17)21-18-14-8-3-9-15-18/h1-15H/q+2. The van der Waals surface area contributed by atoms with E-state index in [4.69, 9.17) is 9.25 Å². The van der Waals surface area contributed by atoms with E-state index in [1.54, 1.807) is 73.3 Å². The van der Waals surface area contributed by atoms with E-state index >= 15 is 0 Å². The highest BCUT2D eigenvalue weighted by Crippen LogP contribution is 2.36. The fourth-order valence-corrected chi connectivity index (χ4v) is 3.31. The van der Waals surface area contributed by atoms with Gasteiger partial charge in [-0.1, -0.05) is 30.3 Å². The summed E-state index contributed by atoms with van der Waals surface area (Å²) in [6, 6.07) is 19.7. The Bertz CT molecular complexity index is 722. The Balaban J connectivity index is 1.97. The van der Waals surface area contributed by atoms with Gasteiger partial charge in [-0.15, -0.1) is 0 Å². The molecule has 0 atom stereocenters. The summed E-state index contributed by atoms with van der Waals surface area (Å²) in [5.74, 6) is 0. The van der Waals surface area contributed by atoms with Crippen LogP contribution < -0.4 is 24.0 Å². The van der Waals surface area contributed by atoms with Gasteiger partial charge in [0.2, 0.25) is 24.8 Å². The molecule has 0 saturated heterocycles. The molecule has 5 nitrogen and oxygen atoms in total. The molecule has 3 aromatic rings. The van der Waals surface area contributed by atoms with Crippen molar-refractivity contribution in [2.24, 2.45) is 0 Å². The number of nitrogens with zero attached hydrogens (tertiary/aromatic N) is 2. The maximum atomic E-state index is 13.3. The fourth-order valence-electron chi connectivity index (χ4n) is 1.84. The van der Waals surface area contributed by atoms with Gasteiger partial charge in [0.05, 0.1) is 5.30 Å². The molecule has 0 aliphatic rings. The van der Waals surface area contributed by atoms with Gasteiger partial charge in [0, 0.05) is 33.7 Å². The third-order valence-electron chi connectivity index (χ3n) is 2.85. The molecular formula is C16H15N2O3P+2. The zero-order valence-corrected chi connectivity index (χ0v) is 12.6. The average molecular weight is 314 g/mol. The maximum absolute atomic E-state index is 13.3. The molecular weight excluding hydrogens is 299 g/mol. The highest BCUT2D eigenvalue weighted by Gasteiger charge is 2.40. The Morgan fingerprint density at radius 2 is 1.05 bits per heavy atom. The van der Waals surface area contributed by atoms with Crippen molar-refractivity contribution < 1.29 is 23.3 Å². The molecule has 1 aromatic carbocycles. The van der Waals surface area contributed by atoms with Crippen molar-refractivity contribution in [1.82, 2.24) is 0 Å². The van der Waals surface area contributed by atoms with Crippen LogP contribution in [-0.4, -0.2) is 0 Å². The van der Waals surface area contributed by atoms with Crippen LogP contribution in [0.5, 0.6) is 0 Å². The van der Waals surface area contributed by atoms with Crippen LogP contribution in [-0.2, 0) is 4.57 Å². The Kier molecular flexibility index (Phi) is 4.17. The van der Waals surface area contributed by atoms with Crippen LogP contribution in [0, 0.1) is 0 Å². The first-order chi connectivity index (χ1) is 10.8. The third-order valence-corrected chi connectivity index (χ3v) is 4.59. The summed E-state index contributed by atoms with van der Waals surface area (Å²) < 4.78 is 27.3. The molecule has 0 N–H and O–H groups in total. The van der Waals surface area contributed by atoms with Gasteiger partial charge in [-0.25, -0.2) is 4.57 Å². The second kappa shape index (κ2) is 6.41. The number of hydrogen-bond acceptors (Lipinski definition) is 3. The minimum absolute atomic E-state index is 0.475. The zero-order valence-electron chi connectivity index (χ0n) is 11.7. The van der Waals surface area contributed by atoms with Gasteiger partial charge < -0.3 is 0 Å². The molecule has 0 amide bonds. The van der Waals surface area contributed by atoms with Crippen molar-refractivity contribution >= 4 is 12.9 Å². The van der Waals surface area contributed by atoms with Crippen molar-refractivity contribution in [2.75, 3.05) is 0 Å². The third kappa shape index (κ3) is 3.32. The Labute approximate surface area is 128 Å². The highest BCUT2D eigenvalue weighted by atomic mass is 31.2. The summed E-state index contributed by atoms with van der Waals surface area (Å²) in [5.41, 5.74) is 0. The second-order valence-electron chi connectivity index (χ2n) is 4.47. The summed E-state index contributed by atoms with van der Waals surface area (Å²) in [5, 5.41) is 0.475. The molecule has 3 rings (SSSR count). The Morgan fingerprint density at radius 1 is 0.636 bits per heavy atom. The average Bonchev–Trinajstić information content (AvgIpc) is 2.57. The van der Waals surface area contributed by atoms with Gasteiger partial charge in [-0.2, -0.15) is 9.25 Å². The van der Waals surface area contributed by atoms with Gasteiger partial charge in [0.15, 0.2) is 0 Å². The predicted octanol–water partition coefficient (Wildman–Crippen LogP) is 1.34. The van der Waals surface area contributed by atoms with E-state index in [9.17, 15) is 4.57 Å². The van der Waals surface area contributed by atoms with Gasteiger partial charge in [0.1, 0.15) is 0 Å². The van der Waals surface area contributed by atoms with Crippen molar-refractivity contribution in [3.63, 3.8) is 0 Å². The normalized spacial score (nSPS) is 10.9. The van der Waals surface area contributed by atoms with Crippen molar-refractivity contribution in [3.05, 3.63) is 91.5 Å². The van der Waals surface area contributed by atoms with E-state index in [-0.39, 0.29) is 0 Å². The molecule has 0 spiro atoms. The van der Waals surface area contributed by atoms with Gasteiger partial charge in [0.25, 0.3) is 0 Å². The lowest BCUT2D eigenvalue weighted by Crippen LogP contribution is -2.49. The van der Waals surface area contributed by atoms with Crippen molar-refractivity contribution in [3.8, 4) is 0 Å². The highest BCUT2D eigenvalue weighted by molar-refractivity contribution is 7.62. The SMILES string of the molecule is O=P(O[n+]1ccccc1)(O[n+]1ccccc1)c1ccccc1. The summed E-state index contributed by atoms with van der Waals surface area (Å²) in [6.07, 6.45) is 6.65. The fraction of sp³-hybridized carbons (Fsp3) is 0. The molecule has 0 saturated carbocycles. The lowest BCUT2D eigenvalue weighted by Gasteiger charge is -2.09. The predicted molar refractivity (Wildman–Crippen MR) is 80.1 cm³/mol. The van der Waals surface area contributed by atoms with Crippen LogP contribution in [0.2, 0.25) is 0 Å².